The zero-order valence-corrected chi connectivity index (χ0v) is 17.5. The molecule has 7 nitrogen and oxygen atoms in total. The Hall–Kier alpha value is -3.29. The number of allylic oxidation sites excluding steroid dienone is 1. The van der Waals surface area contributed by atoms with Crippen molar-refractivity contribution in [2.75, 3.05) is 17.3 Å². The van der Waals surface area contributed by atoms with Crippen molar-refractivity contribution in [3.05, 3.63) is 48.6 Å². The first-order valence-electron chi connectivity index (χ1n) is 10.6. The van der Waals surface area contributed by atoms with E-state index in [0.717, 1.165) is 31.9 Å². The Kier molecular flexibility index (Phi) is 6.25. The molecule has 1 aliphatic carbocycles. The van der Waals surface area contributed by atoms with Crippen LogP contribution in [0.2, 0.25) is 0 Å². The lowest BCUT2D eigenvalue weighted by molar-refractivity contribution is -0.125. The highest BCUT2D eigenvalue weighted by Crippen LogP contribution is 2.29. The van der Waals surface area contributed by atoms with E-state index in [1.165, 1.54) is 0 Å². The number of halogens is 1. The van der Waals surface area contributed by atoms with E-state index >= 15 is 0 Å². The molecule has 2 aliphatic rings. The smallest absolute Gasteiger partial charge is 0.231 e. The van der Waals surface area contributed by atoms with E-state index in [1.54, 1.807) is 36.3 Å². The van der Waals surface area contributed by atoms with E-state index in [4.69, 9.17) is 0 Å². The fraction of sp³-hybridized carbons (Fsp3) is 0.391. The van der Waals surface area contributed by atoms with Crippen molar-refractivity contribution in [2.45, 2.75) is 44.6 Å². The van der Waals surface area contributed by atoms with Gasteiger partial charge in [-0.2, -0.15) is 0 Å². The number of hydrogen-bond donors (Lipinski definition) is 2. The molecule has 1 aromatic carbocycles. The molecule has 8 heteroatoms. The molecule has 0 spiro atoms. The summed E-state index contributed by atoms with van der Waals surface area (Å²) in [6, 6.07) is 7.17. The van der Waals surface area contributed by atoms with E-state index in [0.29, 0.717) is 30.0 Å². The first-order chi connectivity index (χ1) is 15.0. The minimum Gasteiger partial charge on any atom is -0.359 e. The molecule has 1 aromatic heterocycles. The van der Waals surface area contributed by atoms with Gasteiger partial charge >= 0.3 is 0 Å². The van der Waals surface area contributed by atoms with Gasteiger partial charge in [-0.1, -0.05) is 24.6 Å². The van der Waals surface area contributed by atoms with Gasteiger partial charge in [-0.15, -0.1) is 0 Å². The lowest BCUT2D eigenvalue weighted by Gasteiger charge is -2.28. The number of nitrogens with one attached hydrogen (secondary N) is 2. The molecular formula is C23H26FN5O2. The van der Waals surface area contributed by atoms with Gasteiger partial charge in [0, 0.05) is 42.9 Å². The normalized spacial score (nSPS) is 21.1. The summed E-state index contributed by atoms with van der Waals surface area (Å²) >= 11 is 0. The Morgan fingerprint density at radius 2 is 2.16 bits per heavy atom. The van der Waals surface area contributed by atoms with Gasteiger partial charge < -0.3 is 10.6 Å². The Morgan fingerprint density at radius 3 is 2.97 bits per heavy atom. The third-order valence-corrected chi connectivity index (χ3v) is 5.81. The standard InChI is InChI=1S/C23H26FN5O2/c1-25-22(31)16-7-4-8-17(12-16)27-23-26-14-19(24)21(28-23)15-6-5-9-18(13-15)29-11-3-2-10-20(29)30/h3,5-6,9,11,13-14,16-17H,2,4,7-8,10,12H2,1H3,(H,25,31)(H,26,27,28). The van der Waals surface area contributed by atoms with Crippen LogP contribution in [0.3, 0.4) is 0 Å². The van der Waals surface area contributed by atoms with Crippen LogP contribution in [0.15, 0.2) is 42.7 Å². The number of aromatic nitrogens is 2. The fourth-order valence-corrected chi connectivity index (χ4v) is 4.21. The summed E-state index contributed by atoms with van der Waals surface area (Å²) in [7, 11) is 1.65. The third kappa shape index (κ3) is 4.73. The van der Waals surface area contributed by atoms with Crippen LogP contribution < -0.4 is 15.5 Å². The van der Waals surface area contributed by atoms with Crippen LogP contribution in [-0.2, 0) is 9.59 Å². The third-order valence-electron chi connectivity index (χ3n) is 5.81. The fourth-order valence-electron chi connectivity index (χ4n) is 4.21. The van der Waals surface area contributed by atoms with Gasteiger partial charge in [-0.25, -0.2) is 14.4 Å². The quantitative estimate of drug-likeness (QED) is 0.767. The van der Waals surface area contributed by atoms with Crippen molar-refractivity contribution >= 4 is 23.5 Å². The molecule has 0 radical (unpaired) electrons. The number of benzene rings is 1. The second kappa shape index (κ2) is 9.24. The van der Waals surface area contributed by atoms with E-state index in [1.807, 2.05) is 12.1 Å². The van der Waals surface area contributed by atoms with Gasteiger partial charge in [0.15, 0.2) is 5.82 Å². The van der Waals surface area contributed by atoms with Gasteiger partial charge in [0.25, 0.3) is 0 Å². The van der Waals surface area contributed by atoms with Crippen molar-refractivity contribution in [3.63, 3.8) is 0 Å². The number of carbonyl (C=O) groups is 2. The second-order valence-corrected chi connectivity index (χ2v) is 7.95. The average molecular weight is 423 g/mol. The van der Waals surface area contributed by atoms with Crippen molar-refractivity contribution in [3.8, 4) is 11.3 Å². The summed E-state index contributed by atoms with van der Waals surface area (Å²) in [6.45, 7) is 0. The van der Waals surface area contributed by atoms with Crippen LogP contribution >= 0.6 is 0 Å². The highest BCUT2D eigenvalue weighted by atomic mass is 19.1. The Labute approximate surface area is 180 Å². The highest BCUT2D eigenvalue weighted by molar-refractivity contribution is 5.96. The molecule has 2 atom stereocenters. The monoisotopic (exact) mass is 423 g/mol. The first-order valence-corrected chi connectivity index (χ1v) is 10.6. The molecule has 1 aliphatic heterocycles. The van der Waals surface area contributed by atoms with E-state index in [2.05, 4.69) is 20.6 Å². The molecular weight excluding hydrogens is 397 g/mol. The summed E-state index contributed by atoms with van der Waals surface area (Å²) in [6.07, 6.45) is 9.42. The van der Waals surface area contributed by atoms with Crippen LogP contribution in [0.5, 0.6) is 0 Å². The van der Waals surface area contributed by atoms with Crippen molar-refractivity contribution < 1.29 is 14.0 Å². The molecule has 4 rings (SSSR count). The van der Waals surface area contributed by atoms with Gasteiger partial charge in [0.2, 0.25) is 17.8 Å². The van der Waals surface area contributed by atoms with Crippen LogP contribution in [0.25, 0.3) is 11.3 Å². The SMILES string of the molecule is CNC(=O)C1CCCC(Nc2ncc(F)c(-c3cccc(N4C=CCCC4=O)c3)n2)C1. The number of hydrogen-bond acceptors (Lipinski definition) is 5. The molecule has 2 heterocycles. The predicted molar refractivity (Wildman–Crippen MR) is 117 cm³/mol. The summed E-state index contributed by atoms with van der Waals surface area (Å²) in [5, 5.41) is 5.98. The highest BCUT2D eigenvalue weighted by Gasteiger charge is 2.27. The average Bonchev–Trinajstić information content (AvgIpc) is 2.80. The first kappa shape index (κ1) is 21.0. The molecule has 2 aromatic rings. The van der Waals surface area contributed by atoms with Crippen LogP contribution in [0.4, 0.5) is 16.0 Å². The van der Waals surface area contributed by atoms with Crippen LogP contribution in [0, 0.1) is 11.7 Å². The van der Waals surface area contributed by atoms with E-state index in [-0.39, 0.29) is 29.5 Å². The number of carbonyl (C=O) groups excluding carboxylic acids is 2. The summed E-state index contributed by atoms with van der Waals surface area (Å²) in [5.74, 6) is -0.185. The maximum absolute atomic E-state index is 14.6. The maximum atomic E-state index is 14.6. The minimum absolute atomic E-state index is 0.00753. The van der Waals surface area contributed by atoms with E-state index < -0.39 is 5.82 Å². The zero-order valence-electron chi connectivity index (χ0n) is 17.5. The van der Waals surface area contributed by atoms with Gasteiger partial charge in [0.1, 0.15) is 5.69 Å². The van der Waals surface area contributed by atoms with Gasteiger partial charge in [0.05, 0.1) is 6.20 Å². The van der Waals surface area contributed by atoms with Crippen LogP contribution in [0.1, 0.15) is 38.5 Å². The number of nitrogens with zero attached hydrogens (tertiary/aromatic N) is 3. The second-order valence-electron chi connectivity index (χ2n) is 7.95. The Balaban J connectivity index is 1.55. The molecule has 2 N–H and O–H groups in total. The van der Waals surface area contributed by atoms with Gasteiger partial charge in [-0.05, 0) is 37.8 Å². The molecule has 0 saturated heterocycles. The van der Waals surface area contributed by atoms with E-state index in [9.17, 15) is 14.0 Å². The predicted octanol–water partition coefficient (Wildman–Crippen LogP) is 3.64. The Bertz CT molecular complexity index is 1010. The zero-order chi connectivity index (χ0) is 21.8. The van der Waals surface area contributed by atoms with Crippen molar-refractivity contribution in [2.24, 2.45) is 5.92 Å². The number of anilines is 2. The number of amides is 2. The summed E-state index contributed by atoms with van der Waals surface area (Å²) in [4.78, 5) is 34.3. The molecule has 162 valence electrons. The van der Waals surface area contributed by atoms with Gasteiger partial charge in [-0.3, -0.25) is 14.5 Å². The minimum atomic E-state index is -0.532. The number of rotatable bonds is 5. The molecule has 0 bridgehead atoms. The molecule has 2 unspecified atom stereocenters. The lowest BCUT2D eigenvalue weighted by atomic mass is 9.85. The van der Waals surface area contributed by atoms with Crippen molar-refractivity contribution in [1.29, 1.82) is 0 Å². The maximum Gasteiger partial charge on any atom is 0.231 e. The summed E-state index contributed by atoms with van der Waals surface area (Å²) < 4.78 is 14.6. The molecule has 1 saturated carbocycles. The summed E-state index contributed by atoms with van der Waals surface area (Å²) in [5.41, 5.74) is 1.41. The van der Waals surface area contributed by atoms with Crippen molar-refractivity contribution in [1.82, 2.24) is 15.3 Å². The topological polar surface area (TPSA) is 87.2 Å². The lowest BCUT2D eigenvalue weighted by Crippen LogP contribution is -2.36. The molecule has 2 amide bonds. The largest absolute Gasteiger partial charge is 0.359 e. The Morgan fingerprint density at radius 1 is 1.29 bits per heavy atom. The van der Waals surface area contributed by atoms with Crippen LogP contribution in [-0.4, -0.2) is 34.9 Å². The molecule has 31 heavy (non-hydrogen) atoms. The molecule has 1 fully saturated rings.